The molecule has 0 saturated heterocycles. The van der Waals surface area contributed by atoms with E-state index in [1.807, 2.05) is 19.2 Å². The third kappa shape index (κ3) is 2.62. The summed E-state index contributed by atoms with van der Waals surface area (Å²) in [5.41, 5.74) is 3.40. The first-order valence-corrected chi connectivity index (χ1v) is 5.51. The highest BCUT2D eigenvalue weighted by Crippen LogP contribution is 2.21. The van der Waals surface area contributed by atoms with Gasteiger partial charge in [-0.15, -0.1) is 5.10 Å². The van der Waals surface area contributed by atoms with Gasteiger partial charge in [-0.3, -0.25) is 0 Å². The molecule has 0 atom stereocenters. The zero-order chi connectivity index (χ0) is 12.3. The van der Waals surface area contributed by atoms with Crippen LogP contribution >= 0.6 is 0 Å². The highest BCUT2D eigenvalue weighted by molar-refractivity contribution is 5.59. The molecule has 1 aromatic heterocycles. The second-order valence-electron chi connectivity index (χ2n) is 3.90. The van der Waals surface area contributed by atoms with Crippen LogP contribution < -0.4 is 10.6 Å². The number of aromatic nitrogens is 2. The van der Waals surface area contributed by atoms with Crippen LogP contribution in [-0.2, 0) is 6.54 Å². The number of hydrogen-bond donors (Lipinski definition) is 2. The van der Waals surface area contributed by atoms with Gasteiger partial charge >= 0.3 is 6.01 Å². The predicted molar refractivity (Wildman–Crippen MR) is 66.3 cm³/mol. The molecule has 0 fully saturated rings. The lowest BCUT2D eigenvalue weighted by Gasteiger charge is -2.07. The number of hydrogen-bond acceptors (Lipinski definition) is 5. The van der Waals surface area contributed by atoms with E-state index in [1.54, 1.807) is 0 Å². The summed E-state index contributed by atoms with van der Waals surface area (Å²) in [6.45, 7) is 4.70. The van der Waals surface area contributed by atoms with Crippen molar-refractivity contribution in [3.8, 4) is 0 Å². The normalized spacial score (nSPS) is 10.5. The fourth-order valence-corrected chi connectivity index (χ4v) is 1.53. The number of nitrogens with one attached hydrogen (secondary N) is 2. The van der Waals surface area contributed by atoms with E-state index in [9.17, 15) is 0 Å². The van der Waals surface area contributed by atoms with E-state index < -0.39 is 0 Å². The van der Waals surface area contributed by atoms with Crippen LogP contribution in [0.25, 0.3) is 0 Å². The number of rotatable bonds is 4. The maximum absolute atomic E-state index is 5.43. The fourth-order valence-electron chi connectivity index (χ4n) is 1.53. The summed E-state index contributed by atoms with van der Waals surface area (Å²) in [5, 5.41) is 13.9. The Kier molecular flexibility index (Phi) is 3.39. The lowest BCUT2D eigenvalue weighted by Crippen LogP contribution is -2.04. The van der Waals surface area contributed by atoms with Crippen molar-refractivity contribution in [1.29, 1.82) is 0 Å². The monoisotopic (exact) mass is 232 g/mol. The highest BCUT2D eigenvalue weighted by atomic mass is 16.4. The van der Waals surface area contributed by atoms with Gasteiger partial charge in [0.1, 0.15) is 0 Å². The molecule has 17 heavy (non-hydrogen) atoms. The largest absolute Gasteiger partial charge is 0.406 e. The molecule has 0 aliphatic heterocycles. The standard InChI is InChI=1S/C12H16N4O/c1-8-5-4-6-10(9(8)2)14-12-16-15-11(17-12)7-13-3/h4-6,13H,7H2,1-3H3,(H,14,16). The van der Waals surface area contributed by atoms with E-state index >= 15 is 0 Å². The first-order chi connectivity index (χ1) is 8.20. The van der Waals surface area contributed by atoms with Gasteiger partial charge in [0.15, 0.2) is 0 Å². The van der Waals surface area contributed by atoms with Crippen molar-refractivity contribution in [3.63, 3.8) is 0 Å². The SMILES string of the molecule is CNCc1nnc(Nc2cccc(C)c2C)o1. The molecular weight excluding hydrogens is 216 g/mol. The van der Waals surface area contributed by atoms with Crippen LogP contribution in [0.3, 0.4) is 0 Å². The highest BCUT2D eigenvalue weighted by Gasteiger charge is 2.07. The molecule has 0 saturated carbocycles. The van der Waals surface area contributed by atoms with E-state index in [0.717, 1.165) is 5.69 Å². The second-order valence-corrected chi connectivity index (χ2v) is 3.90. The topological polar surface area (TPSA) is 63.0 Å². The average molecular weight is 232 g/mol. The molecule has 2 aromatic rings. The summed E-state index contributed by atoms with van der Waals surface area (Å²) in [5.74, 6) is 0.570. The number of nitrogens with zero attached hydrogens (tertiary/aromatic N) is 2. The van der Waals surface area contributed by atoms with Gasteiger partial charge in [-0.1, -0.05) is 17.2 Å². The second kappa shape index (κ2) is 4.97. The molecule has 0 unspecified atom stereocenters. The van der Waals surface area contributed by atoms with Gasteiger partial charge in [0.25, 0.3) is 0 Å². The van der Waals surface area contributed by atoms with E-state index in [2.05, 4.69) is 40.7 Å². The van der Waals surface area contributed by atoms with Crippen LogP contribution in [0.1, 0.15) is 17.0 Å². The summed E-state index contributed by atoms with van der Waals surface area (Å²) in [7, 11) is 1.84. The molecular formula is C12H16N4O. The smallest absolute Gasteiger partial charge is 0.320 e. The molecule has 0 amide bonds. The maximum Gasteiger partial charge on any atom is 0.320 e. The minimum atomic E-state index is 0.420. The quantitative estimate of drug-likeness (QED) is 0.845. The van der Waals surface area contributed by atoms with Crippen LogP contribution in [0.2, 0.25) is 0 Å². The van der Waals surface area contributed by atoms with Crippen LogP contribution in [0.5, 0.6) is 0 Å². The predicted octanol–water partition coefficient (Wildman–Crippen LogP) is 2.15. The lowest BCUT2D eigenvalue weighted by molar-refractivity contribution is 0.493. The Morgan fingerprint density at radius 1 is 1.24 bits per heavy atom. The minimum absolute atomic E-state index is 0.420. The number of aryl methyl sites for hydroxylation is 1. The third-order valence-corrected chi connectivity index (χ3v) is 2.64. The Hall–Kier alpha value is -1.88. The first kappa shape index (κ1) is 11.6. The fraction of sp³-hybridized carbons (Fsp3) is 0.333. The number of benzene rings is 1. The molecule has 0 spiro atoms. The van der Waals surface area contributed by atoms with Gasteiger partial charge in [-0.05, 0) is 38.1 Å². The molecule has 2 rings (SSSR count). The van der Waals surface area contributed by atoms with E-state index in [0.29, 0.717) is 18.5 Å². The molecule has 0 bridgehead atoms. The zero-order valence-electron chi connectivity index (χ0n) is 10.2. The number of anilines is 2. The van der Waals surface area contributed by atoms with Gasteiger partial charge < -0.3 is 15.1 Å². The third-order valence-electron chi connectivity index (χ3n) is 2.64. The summed E-state index contributed by atoms with van der Waals surface area (Å²) in [6, 6.07) is 6.48. The van der Waals surface area contributed by atoms with Gasteiger partial charge in [0.05, 0.1) is 6.54 Å². The minimum Gasteiger partial charge on any atom is -0.406 e. The van der Waals surface area contributed by atoms with Crippen molar-refractivity contribution in [3.05, 3.63) is 35.2 Å². The van der Waals surface area contributed by atoms with Gasteiger partial charge in [0.2, 0.25) is 5.89 Å². The molecule has 1 aromatic carbocycles. The van der Waals surface area contributed by atoms with E-state index in [1.165, 1.54) is 11.1 Å². The Morgan fingerprint density at radius 3 is 2.82 bits per heavy atom. The van der Waals surface area contributed by atoms with Crippen LogP contribution in [0.4, 0.5) is 11.7 Å². The summed E-state index contributed by atoms with van der Waals surface area (Å²) >= 11 is 0. The van der Waals surface area contributed by atoms with Crippen molar-refractivity contribution < 1.29 is 4.42 Å². The van der Waals surface area contributed by atoms with Crippen LogP contribution in [-0.4, -0.2) is 17.2 Å². The van der Waals surface area contributed by atoms with Crippen molar-refractivity contribution >= 4 is 11.7 Å². The Labute approximate surface area is 100 Å². The molecule has 90 valence electrons. The molecule has 0 radical (unpaired) electrons. The first-order valence-electron chi connectivity index (χ1n) is 5.51. The van der Waals surface area contributed by atoms with Crippen molar-refractivity contribution in [2.75, 3.05) is 12.4 Å². The summed E-state index contributed by atoms with van der Waals surface area (Å²) in [4.78, 5) is 0. The molecule has 5 heteroatoms. The molecule has 5 nitrogen and oxygen atoms in total. The van der Waals surface area contributed by atoms with Crippen molar-refractivity contribution in [2.45, 2.75) is 20.4 Å². The van der Waals surface area contributed by atoms with Crippen LogP contribution in [0, 0.1) is 13.8 Å². The molecule has 2 N–H and O–H groups in total. The molecule has 0 aliphatic rings. The van der Waals surface area contributed by atoms with Crippen molar-refractivity contribution in [2.24, 2.45) is 0 Å². The lowest BCUT2D eigenvalue weighted by atomic mass is 10.1. The summed E-state index contributed by atoms with van der Waals surface area (Å²) in [6.07, 6.45) is 0. The Morgan fingerprint density at radius 2 is 2.06 bits per heavy atom. The Balaban J connectivity index is 2.16. The van der Waals surface area contributed by atoms with Gasteiger partial charge in [-0.2, -0.15) is 0 Å². The Bertz CT molecular complexity index is 507. The van der Waals surface area contributed by atoms with Gasteiger partial charge in [-0.25, -0.2) is 0 Å². The van der Waals surface area contributed by atoms with Crippen LogP contribution in [0.15, 0.2) is 22.6 Å². The average Bonchev–Trinajstić information content (AvgIpc) is 2.73. The van der Waals surface area contributed by atoms with E-state index in [-0.39, 0.29) is 0 Å². The van der Waals surface area contributed by atoms with E-state index in [4.69, 9.17) is 4.42 Å². The zero-order valence-corrected chi connectivity index (χ0v) is 10.2. The van der Waals surface area contributed by atoms with Crippen molar-refractivity contribution in [1.82, 2.24) is 15.5 Å². The molecule has 1 heterocycles. The molecule has 0 aliphatic carbocycles. The summed E-state index contributed by atoms with van der Waals surface area (Å²) < 4.78 is 5.43. The maximum atomic E-state index is 5.43. The van der Waals surface area contributed by atoms with Gasteiger partial charge in [0, 0.05) is 5.69 Å².